The zero-order chi connectivity index (χ0) is 13.7. The molecule has 0 aliphatic carbocycles. The average Bonchev–Trinajstić information content (AvgIpc) is 2.91. The predicted molar refractivity (Wildman–Crippen MR) is 82.1 cm³/mol. The summed E-state index contributed by atoms with van der Waals surface area (Å²) in [4.78, 5) is 17.1. The van der Waals surface area contributed by atoms with E-state index in [9.17, 15) is 4.79 Å². The van der Waals surface area contributed by atoms with Gasteiger partial charge in [0.15, 0.2) is 5.13 Å². The van der Waals surface area contributed by atoms with Gasteiger partial charge in [-0.25, -0.2) is 4.98 Å². The van der Waals surface area contributed by atoms with Gasteiger partial charge in [0.2, 0.25) is 5.91 Å². The third kappa shape index (κ3) is 3.97. The molecule has 2 aromatic rings. The summed E-state index contributed by atoms with van der Waals surface area (Å²) in [6.07, 6.45) is 3.69. The Kier molecular flexibility index (Phi) is 4.81. The van der Waals surface area contributed by atoms with Crippen LogP contribution in [0.5, 0.6) is 0 Å². The van der Waals surface area contributed by atoms with Gasteiger partial charge in [-0.1, -0.05) is 6.07 Å². The zero-order valence-corrected chi connectivity index (χ0v) is 12.3. The summed E-state index contributed by atoms with van der Waals surface area (Å²) >= 11 is 3.08. The number of carbonyl (C=O) groups is 1. The first-order valence-corrected chi connectivity index (χ1v) is 7.90. The van der Waals surface area contributed by atoms with Gasteiger partial charge in [-0.05, 0) is 31.4 Å². The molecule has 0 saturated carbocycles. The van der Waals surface area contributed by atoms with Gasteiger partial charge in [0.25, 0.3) is 0 Å². The molecular weight excluding hydrogens is 278 g/mol. The molecule has 0 radical (unpaired) electrons. The number of nitrogens with zero attached hydrogens (tertiary/aromatic N) is 1. The number of benzene rings is 1. The summed E-state index contributed by atoms with van der Waals surface area (Å²) in [6.45, 7) is 1.83. The fraction of sp³-hybridized carbons (Fsp3) is 0.231. The van der Waals surface area contributed by atoms with Gasteiger partial charge < -0.3 is 10.6 Å². The van der Waals surface area contributed by atoms with Crippen LogP contribution in [0.4, 0.5) is 10.8 Å². The van der Waals surface area contributed by atoms with Crippen LogP contribution in [-0.2, 0) is 4.79 Å². The maximum absolute atomic E-state index is 12.0. The third-order valence-electron chi connectivity index (χ3n) is 2.51. The van der Waals surface area contributed by atoms with E-state index in [1.54, 1.807) is 18.0 Å². The van der Waals surface area contributed by atoms with Crippen molar-refractivity contribution in [3.63, 3.8) is 0 Å². The topological polar surface area (TPSA) is 54.0 Å². The van der Waals surface area contributed by atoms with Gasteiger partial charge >= 0.3 is 0 Å². The highest BCUT2D eigenvalue weighted by atomic mass is 32.2. The summed E-state index contributed by atoms with van der Waals surface area (Å²) in [5.41, 5.74) is 0.939. The highest BCUT2D eigenvalue weighted by molar-refractivity contribution is 7.98. The Labute approximate surface area is 120 Å². The van der Waals surface area contributed by atoms with Crippen LogP contribution in [0.1, 0.15) is 6.92 Å². The molecule has 0 bridgehead atoms. The Hall–Kier alpha value is -1.53. The molecule has 2 N–H and O–H groups in total. The Morgan fingerprint density at radius 2 is 2.32 bits per heavy atom. The summed E-state index contributed by atoms with van der Waals surface area (Å²) < 4.78 is 0. The smallest absolute Gasteiger partial charge is 0.248 e. The molecule has 19 heavy (non-hydrogen) atoms. The van der Waals surface area contributed by atoms with E-state index in [2.05, 4.69) is 15.6 Å². The van der Waals surface area contributed by atoms with Crippen LogP contribution in [0, 0.1) is 0 Å². The van der Waals surface area contributed by atoms with E-state index in [0.29, 0.717) is 5.13 Å². The van der Waals surface area contributed by atoms with E-state index in [1.165, 1.54) is 11.3 Å². The predicted octanol–water partition coefficient (Wildman–Crippen LogP) is 3.30. The highest BCUT2D eigenvalue weighted by Crippen LogP contribution is 2.19. The number of amides is 1. The molecule has 1 aromatic heterocycles. The van der Waals surface area contributed by atoms with Gasteiger partial charge in [0, 0.05) is 22.2 Å². The normalized spacial score (nSPS) is 11.9. The molecule has 6 heteroatoms. The number of thioether (sulfide) groups is 1. The minimum atomic E-state index is -0.319. The SMILES string of the molecule is CSc1cccc(N[C@H](C)C(=O)Nc2nccs2)c1. The number of thiazole rings is 1. The summed E-state index contributed by atoms with van der Waals surface area (Å²) in [7, 11) is 0. The molecular formula is C13H15N3OS2. The second-order valence-electron chi connectivity index (χ2n) is 3.92. The standard InChI is InChI=1S/C13H15N3OS2/c1-9(12(17)16-13-14-6-7-19-13)15-10-4-3-5-11(8-10)18-2/h3-9,15H,1-2H3,(H,14,16,17)/t9-/m1/s1. The third-order valence-corrected chi connectivity index (χ3v) is 3.92. The van der Waals surface area contributed by atoms with E-state index >= 15 is 0 Å². The lowest BCUT2D eigenvalue weighted by Crippen LogP contribution is -2.31. The molecule has 0 spiro atoms. The zero-order valence-electron chi connectivity index (χ0n) is 10.7. The van der Waals surface area contributed by atoms with Crippen molar-refractivity contribution in [1.29, 1.82) is 0 Å². The molecule has 1 aromatic carbocycles. The molecule has 0 saturated heterocycles. The van der Waals surface area contributed by atoms with Crippen LogP contribution in [0.25, 0.3) is 0 Å². The van der Waals surface area contributed by atoms with E-state index < -0.39 is 0 Å². The fourth-order valence-electron chi connectivity index (χ4n) is 1.53. The molecule has 0 aliphatic heterocycles. The molecule has 0 aliphatic rings. The molecule has 0 fully saturated rings. The van der Waals surface area contributed by atoms with Crippen molar-refractivity contribution in [2.75, 3.05) is 16.9 Å². The van der Waals surface area contributed by atoms with Crippen LogP contribution in [0.3, 0.4) is 0 Å². The van der Waals surface area contributed by atoms with E-state index in [-0.39, 0.29) is 11.9 Å². The number of anilines is 2. The van der Waals surface area contributed by atoms with Gasteiger partial charge in [0.1, 0.15) is 6.04 Å². The largest absolute Gasteiger partial charge is 0.374 e. The average molecular weight is 293 g/mol. The van der Waals surface area contributed by atoms with Crippen molar-refractivity contribution in [2.24, 2.45) is 0 Å². The monoisotopic (exact) mass is 293 g/mol. The Morgan fingerprint density at radius 3 is 3.00 bits per heavy atom. The lowest BCUT2D eigenvalue weighted by atomic mass is 10.2. The van der Waals surface area contributed by atoms with Crippen molar-refractivity contribution < 1.29 is 4.79 Å². The van der Waals surface area contributed by atoms with E-state index in [4.69, 9.17) is 0 Å². The molecule has 0 unspecified atom stereocenters. The van der Waals surface area contributed by atoms with Crippen molar-refractivity contribution in [3.8, 4) is 0 Å². The molecule has 1 atom stereocenters. The summed E-state index contributed by atoms with van der Waals surface area (Å²) in [5, 5.41) is 8.40. The van der Waals surface area contributed by atoms with Crippen molar-refractivity contribution in [2.45, 2.75) is 17.9 Å². The highest BCUT2D eigenvalue weighted by Gasteiger charge is 2.13. The fourth-order valence-corrected chi connectivity index (χ4v) is 2.52. The number of aromatic nitrogens is 1. The van der Waals surface area contributed by atoms with Gasteiger partial charge in [0.05, 0.1) is 0 Å². The molecule has 4 nitrogen and oxygen atoms in total. The van der Waals surface area contributed by atoms with Crippen LogP contribution in [-0.4, -0.2) is 23.2 Å². The quantitative estimate of drug-likeness (QED) is 0.831. The number of hydrogen-bond donors (Lipinski definition) is 2. The number of hydrogen-bond acceptors (Lipinski definition) is 5. The number of rotatable bonds is 5. The minimum Gasteiger partial charge on any atom is -0.374 e. The first kappa shape index (κ1) is 13.9. The molecule has 1 heterocycles. The molecule has 1 amide bonds. The maximum Gasteiger partial charge on any atom is 0.248 e. The first-order chi connectivity index (χ1) is 9.19. The Morgan fingerprint density at radius 1 is 1.47 bits per heavy atom. The number of nitrogens with one attached hydrogen (secondary N) is 2. The van der Waals surface area contributed by atoms with E-state index in [1.807, 2.05) is 42.8 Å². The molecule has 2 rings (SSSR count). The second-order valence-corrected chi connectivity index (χ2v) is 5.70. The lowest BCUT2D eigenvalue weighted by Gasteiger charge is -2.14. The maximum atomic E-state index is 12.0. The Balaban J connectivity index is 1.96. The van der Waals surface area contributed by atoms with Crippen molar-refractivity contribution in [3.05, 3.63) is 35.8 Å². The van der Waals surface area contributed by atoms with Crippen LogP contribution in [0.2, 0.25) is 0 Å². The van der Waals surface area contributed by atoms with Gasteiger partial charge in [-0.15, -0.1) is 23.1 Å². The van der Waals surface area contributed by atoms with Crippen LogP contribution >= 0.6 is 23.1 Å². The molecule has 100 valence electrons. The van der Waals surface area contributed by atoms with Gasteiger partial charge in [-0.3, -0.25) is 4.79 Å². The van der Waals surface area contributed by atoms with Crippen LogP contribution in [0.15, 0.2) is 40.7 Å². The van der Waals surface area contributed by atoms with E-state index in [0.717, 1.165) is 10.6 Å². The van der Waals surface area contributed by atoms with Gasteiger partial charge in [-0.2, -0.15) is 0 Å². The lowest BCUT2D eigenvalue weighted by molar-refractivity contribution is -0.116. The Bertz CT molecular complexity index is 543. The minimum absolute atomic E-state index is 0.0931. The summed E-state index contributed by atoms with van der Waals surface area (Å²) in [6, 6.07) is 7.67. The van der Waals surface area contributed by atoms with Crippen molar-refractivity contribution >= 4 is 39.8 Å². The van der Waals surface area contributed by atoms with Crippen LogP contribution < -0.4 is 10.6 Å². The van der Waals surface area contributed by atoms with Crippen molar-refractivity contribution in [1.82, 2.24) is 4.98 Å². The second kappa shape index (κ2) is 6.58. The number of carbonyl (C=O) groups excluding carboxylic acids is 1. The summed E-state index contributed by atoms with van der Waals surface area (Å²) in [5.74, 6) is -0.0931. The first-order valence-electron chi connectivity index (χ1n) is 5.80.